The maximum Gasteiger partial charge on any atom is 0.0463 e. The van der Waals surface area contributed by atoms with Gasteiger partial charge in [0, 0.05) is 103 Å². The van der Waals surface area contributed by atoms with Gasteiger partial charge < -0.3 is 30.6 Å². The Kier molecular flexibility index (Phi) is 19.4. The van der Waals surface area contributed by atoms with Crippen molar-refractivity contribution in [3.8, 4) is 0 Å². The summed E-state index contributed by atoms with van der Waals surface area (Å²) in [5.41, 5.74) is 17.5. The number of hydrogen-bond acceptors (Lipinski definition) is 4. The summed E-state index contributed by atoms with van der Waals surface area (Å²) in [5.74, 6) is 2.47. The lowest BCUT2D eigenvalue weighted by atomic mass is 9.85. The number of unbranched alkanes of at least 4 members (excludes halogenated alkanes) is 7. The van der Waals surface area contributed by atoms with Crippen molar-refractivity contribution in [2.75, 3.05) is 0 Å². The molecule has 77 heavy (non-hydrogen) atoms. The predicted octanol–water partition coefficient (Wildman–Crippen LogP) is 15.5. The standard InChI is InChI=1S/C35H48N4.C34H44N4/c1-3-4-12-26(2)13-10-8-6-5-7-9-11-14-33-34-21-19-31(38-34)24-29-17-15-27(36-29)23-28-16-18-30(37-28)25-32-20-22-35(33)39-32;1-24-9-5-3-2-4-6-12-32-33-18-17-30(37-33)22-28-14-13-26(35-28)21-27-15-16-29(36-27)23-31-19-25(11-8-7-10-24)20-34(32)38-31/h15-17,20,22-26,36-37,39H,3-14,18-19,21H2,1-2H3;13,15-18,21-25,35-37H,2-12,14,19-20H2,1H3. The van der Waals surface area contributed by atoms with Gasteiger partial charge in [0.2, 0.25) is 0 Å². The third-order valence-electron chi connectivity index (χ3n) is 17.4. The first-order valence-corrected chi connectivity index (χ1v) is 30.9. The number of aliphatic imine (C=N–C) groups is 2. The Labute approximate surface area is 461 Å². The molecule has 17 bridgehead atoms. The molecule has 1 aliphatic carbocycles. The second-order valence-electron chi connectivity index (χ2n) is 24.1. The van der Waals surface area contributed by atoms with E-state index in [9.17, 15) is 0 Å². The molecule has 7 aliphatic rings. The van der Waals surface area contributed by atoms with Crippen LogP contribution in [0.2, 0.25) is 0 Å². The number of hydrogen-bond donors (Lipinski definition) is 6. The van der Waals surface area contributed by atoms with E-state index in [1.165, 1.54) is 197 Å². The van der Waals surface area contributed by atoms with E-state index in [0.717, 1.165) is 102 Å². The summed E-state index contributed by atoms with van der Waals surface area (Å²) in [6, 6.07) is 17.7. The van der Waals surface area contributed by atoms with Crippen LogP contribution in [0.3, 0.4) is 0 Å². The predicted molar refractivity (Wildman–Crippen MR) is 328 cm³/mol. The van der Waals surface area contributed by atoms with Crippen molar-refractivity contribution >= 4 is 59.0 Å². The molecule has 0 fully saturated rings. The van der Waals surface area contributed by atoms with Crippen LogP contribution in [0.4, 0.5) is 0 Å². The molecule has 0 saturated carbocycles. The molecule has 6 aliphatic heterocycles. The Hall–Kier alpha value is -6.02. The third-order valence-corrected chi connectivity index (χ3v) is 17.4. The zero-order chi connectivity index (χ0) is 52.6. The number of nitrogens with zero attached hydrogens (tertiary/aromatic N) is 2. The highest BCUT2D eigenvalue weighted by molar-refractivity contribution is 6.12. The molecular formula is C69H92N8. The number of fused-ring (bicyclic) bond motifs is 15. The maximum absolute atomic E-state index is 5.37. The van der Waals surface area contributed by atoms with Gasteiger partial charge in [-0.05, 0) is 172 Å². The highest BCUT2D eigenvalue weighted by atomic mass is 14.9. The van der Waals surface area contributed by atoms with Crippen molar-refractivity contribution in [2.24, 2.45) is 27.7 Å². The normalized spacial score (nSPS) is 21.1. The molecule has 3 unspecified atom stereocenters. The summed E-state index contributed by atoms with van der Waals surface area (Å²) in [6.07, 6.45) is 54.8. The van der Waals surface area contributed by atoms with Gasteiger partial charge in [-0.1, -0.05) is 148 Å². The minimum absolute atomic E-state index is 0.675. The zero-order valence-electron chi connectivity index (χ0n) is 47.4. The van der Waals surface area contributed by atoms with E-state index in [2.05, 4.69) is 148 Å². The maximum atomic E-state index is 5.37. The topological polar surface area (TPSA) is 112 Å². The Bertz CT molecular complexity index is 3140. The van der Waals surface area contributed by atoms with Crippen LogP contribution in [0.25, 0.3) is 47.6 Å². The molecule has 4 aromatic rings. The monoisotopic (exact) mass is 1030 g/mol. The summed E-state index contributed by atoms with van der Waals surface area (Å²) in [4.78, 5) is 25.1. The third kappa shape index (κ3) is 16.0. The van der Waals surface area contributed by atoms with Crippen molar-refractivity contribution < 1.29 is 0 Å². The van der Waals surface area contributed by atoms with E-state index in [1.807, 2.05) is 0 Å². The zero-order valence-corrected chi connectivity index (χ0v) is 47.4. The fourth-order valence-electron chi connectivity index (χ4n) is 12.9. The molecule has 11 rings (SSSR count). The minimum Gasteiger partial charge on any atom is -0.359 e. The van der Waals surface area contributed by atoms with E-state index >= 15 is 0 Å². The lowest BCUT2D eigenvalue weighted by Gasteiger charge is -2.25. The van der Waals surface area contributed by atoms with E-state index in [-0.39, 0.29) is 0 Å². The molecule has 0 spiro atoms. The SMILES string of the molecule is CC1CCCCCCCC2=C3CC(CCCC1)CC(=N3)C=c1ccc([nH]1)=CC1=CCC(=Cc3ccc2[nH]3)N1.CCCCC(C)CCCCCCCCCC1=C2CCC(=N2)C=c2ccc([nH]2)=CC2=CCC(=Cc3ccc1[nH]3)N2. The summed E-state index contributed by atoms with van der Waals surface area (Å²) in [6.45, 7) is 7.21. The molecule has 0 radical (unpaired) electrons. The highest BCUT2D eigenvalue weighted by Gasteiger charge is 2.24. The van der Waals surface area contributed by atoms with Gasteiger partial charge in [0.15, 0.2) is 0 Å². The van der Waals surface area contributed by atoms with Crippen molar-refractivity contribution in [2.45, 2.75) is 207 Å². The first-order chi connectivity index (χ1) is 37.8. The van der Waals surface area contributed by atoms with Crippen LogP contribution in [0, 0.1) is 17.8 Å². The molecule has 0 amide bonds. The molecule has 10 heterocycles. The largest absolute Gasteiger partial charge is 0.359 e. The summed E-state index contributed by atoms with van der Waals surface area (Å²) in [7, 11) is 0. The molecule has 8 heteroatoms. The second kappa shape index (κ2) is 27.5. The van der Waals surface area contributed by atoms with Crippen LogP contribution >= 0.6 is 0 Å². The van der Waals surface area contributed by atoms with Gasteiger partial charge in [0.05, 0.1) is 0 Å². The summed E-state index contributed by atoms with van der Waals surface area (Å²) >= 11 is 0. The van der Waals surface area contributed by atoms with Crippen LogP contribution in [0.5, 0.6) is 0 Å². The second-order valence-corrected chi connectivity index (χ2v) is 24.1. The molecule has 3 atom stereocenters. The van der Waals surface area contributed by atoms with E-state index in [0.29, 0.717) is 5.92 Å². The van der Waals surface area contributed by atoms with Crippen LogP contribution < -0.4 is 32.0 Å². The fourth-order valence-corrected chi connectivity index (χ4v) is 12.9. The fraction of sp³-hybridized carbons (Fsp3) is 0.507. The number of H-pyrrole nitrogens is 4. The number of nitrogens with one attached hydrogen (secondary N) is 6. The lowest BCUT2D eigenvalue weighted by molar-refractivity contribution is 0.406. The Morgan fingerprint density at radius 2 is 1.08 bits per heavy atom. The Morgan fingerprint density at radius 1 is 0.506 bits per heavy atom. The number of aromatic nitrogens is 4. The molecular weight excluding hydrogens is 941 g/mol. The van der Waals surface area contributed by atoms with Crippen LogP contribution in [0.1, 0.15) is 230 Å². The van der Waals surface area contributed by atoms with Crippen LogP contribution in [-0.2, 0) is 0 Å². The van der Waals surface area contributed by atoms with Gasteiger partial charge in [-0.15, -0.1) is 0 Å². The first kappa shape index (κ1) is 54.3. The number of aromatic amines is 4. The number of allylic oxidation sites excluding steroid dienone is 8. The van der Waals surface area contributed by atoms with Gasteiger partial charge in [-0.3, -0.25) is 9.98 Å². The van der Waals surface area contributed by atoms with Crippen molar-refractivity contribution in [1.29, 1.82) is 0 Å². The molecule has 4 aromatic heterocycles. The van der Waals surface area contributed by atoms with Crippen LogP contribution in [-0.4, -0.2) is 31.4 Å². The Balaban J connectivity index is 0.000000175. The van der Waals surface area contributed by atoms with Gasteiger partial charge in [-0.25, -0.2) is 0 Å². The molecule has 6 N–H and O–H groups in total. The lowest BCUT2D eigenvalue weighted by Crippen LogP contribution is -2.18. The minimum atomic E-state index is 0.675. The molecule has 8 nitrogen and oxygen atoms in total. The Morgan fingerprint density at radius 3 is 1.79 bits per heavy atom. The molecule has 0 aromatic carbocycles. The van der Waals surface area contributed by atoms with Crippen LogP contribution in [0.15, 0.2) is 105 Å². The number of rotatable bonds is 13. The smallest absolute Gasteiger partial charge is 0.0463 e. The summed E-state index contributed by atoms with van der Waals surface area (Å²) in [5, 5.41) is 11.7. The highest BCUT2D eigenvalue weighted by Crippen LogP contribution is 2.37. The average molecular weight is 1030 g/mol. The molecule has 0 saturated heterocycles. The van der Waals surface area contributed by atoms with Gasteiger partial charge >= 0.3 is 0 Å². The van der Waals surface area contributed by atoms with Gasteiger partial charge in [0.1, 0.15) is 0 Å². The quantitative estimate of drug-likeness (QED) is 0.0750. The van der Waals surface area contributed by atoms with Crippen molar-refractivity contribution in [3.05, 3.63) is 139 Å². The first-order valence-electron chi connectivity index (χ1n) is 30.9. The van der Waals surface area contributed by atoms with E-state index in [1.54, 1.807) is 0 Å². The van der Waals surface area contributed by atoms with Crippen molar-refractivity contribution in [1.82, 2.24) is 30.6 Å². The van der Waals surface area contributed by atoms with E-state index in [4.69, 9.17) is 9.98 Å². The molecule has 408 valence electrons. The van der Waals surface area contributed by atoms with Gasteiger partial charge in [-0.2, -0.15) is 0 Å². The van der Waals surface area contributed by atoms with Gasteiger partial charge in [0.25, 0.3) is 0 Å². The average Bonchev–Trinajstić information content (AvgIpc) is 4.32. The van der Waals surface area contributed by atoms with E-state index < -0.39 is 0 Å². The van der Waals surface area contributed by atoms with Crippen molar-refractivity contribution in [3.63, 3.8) is 0 Å². The summed E-state index contributed by atoms with van der Waals surface area (Å²) < 4.78 is 0.